The van der Waals surface area contributed by atoms with Gasteiger partial charge in [-0.2, -0.15) is 0 Å². The van der Waals surface area contributed by atoms with Gasteiger partial charge in [-0.3, -0.25) is 0 Å². The van der Waals surface area contributed by atoms with Gasteiger partial charge in [-0.1, -0.05) is 32.6 Å². The van der Waals surface area contributed by atoms with Crippen molar-refractivity contribution in [3.63, 3.8) is 0 Å². The van der Waals surface area contributed by atoms with Gasteiger partial charge in [-0.25, -0.2) is 0 Å². The van der Waals surface area contributed by atoms with Crippen molar-refractivity contribution >= 4 is 0 Å². The fourth-order valence-electron chi connectivity index (χ4n) is 3.47. The summed E-state index contributed by atoms with van der Waals surface area (Å²) in [5.41, 5.74) is 0. The van der Waals surface area contributed by atoms with Crippen LogP contribution in [0.15, 0.2) is 0 Å². The van der Waals surface area contributed by atoms with E-state index in [0.717, 1.165) is 12.0 Å². The first kappa shape index (κ1) is 10.5. The Morgan fingerprint density at radius 3 is 2.29 bits per heavy atom. The van der Waals surface area contributed by atoms with Crippen LogP contribution in [0.2, 0.25) is 0 Å². The standard InChI is InChI=1S/C13H25N/c1-2-14-11-7-10-13(14)12-8-5-3-4-6-9-12/h12-13H,2-11H2,1H3. The van der Waals surface area contributed by atoms with Crippen LogP contribution in [-0.4, -0.2) is 24.0 Å². The molecule has 1 saturated carbocycles. The average molecular weight is 195 g/mol. The molecule has 0 spiro atoms. The highest BCUT2D eigenvalue weighted by molar-refractivity contribution is 4.85. The molecule has 1 aliphatic heterocycles. The maximum Gasteiger partial charge on any atom is 0.0124 e. The van der Waals surface area contributed by atoms with Crippen LogP contribution in [0.25, 0.3) is 0 Å². The fraction of sp³-hybridized carbons (Fsp3) is 1.00. The lowest BCUT2D eigenvalue weighted by Gasteiger charge is -2.30. The summed E-state index contributed by atoms with van der Waals surface area (Å²) in [6.07, 6.45) is 12.0. The van der Waals surface area contributed by atoms with Gasteiger partial charge in [-0.05, 0) is 44.7 Å². The van der Waals surface area contributed by atoms with Crippen molar-refractivity contribution in [2.45, 2.75) is 64.3 Å². The molecule has 1 atom stereocenters. The van der Waals surface area contributed by atoms with Gasteiger partial charge in [0.05, 0.1) is 0 Å². The van der Waals surface area contributed by atoms with Crippen LogP contribution >= 0.6 is 0 Å². The minimum Gasteiger partial charge on any atom is -0.300 e. The number of hydrogen-bond acceptors (Lipinski definition) is 1. The molecule has 82 valence electrons. The lowest BCUT2D eigenvalue weighted by Crippen LogP contribution is -2.35. The quantitative estimate of drug-likeness (QED) is 0.610. The highest BCUT2D eigenvalue weighted by Gasteiger charge is 2.30. The molecule has 1 saturated heterocycles. The number of nitrogens with zero attached hydrogens (tertiary/aromatic N) is 1. The van der Waals surface area contributed by atoms with Crippen molar-refractivity contribution in [2.24, 2.45) is 5.92 Å². The van der Waals surface area contributed by atoms with Gasteiger partial charge in [-0.15, -0.1) is 0 Å². The Morgan fingerprint density at radius 1 is 0.929 bits per heavy atom. The van der Waals surface area contributed by atoms with Crippen LogP contribution in [0.1, 0.15) is 58.3 Å². The molecule has 1 aliphatic carbocycles. The zero-order valence-corrected chi connectivity index (χ0v) is 9.67. The predicted molar refractivity (Wildman–Crippen MR) is 61.5 cm³/mol. The summed E-state index contributed by atoms with van der Waals surface area (Å²) in [5.74, 6) is 1.04. The summed E-state index contributed by atoms with van der Waals surface area (Å²) < 4.78 is 0. The predicted octanol–water partition coefficient (Wildman–Crippen LogP) is 3.44. The Kier molecular flexibility index (Phi) is 3.86. The molecule has 1 unspecified atom stereocenters. The van der Waals surface area contributed by atoms with Crippen molar-refractivity contribution in [1.29, 1.82) is 0 Å². The van der Waals surface area contributed by atoms with E-state index in [2.05, 4.69) is 11.8 Å². The van der Waals surface area contributed by atoms with E-state index in [4.69, 9.17) is 0 Å². The minimum absolute atomic E-state index is 0.957. The van der Waals surface area contributed by atoms with E-state index < -0.39 is 0 Å². The SMILES string of the molecule is CCN1CCCC1C1CCCCCC1. The van der Waals surface area contributed by atoms with E-state index >= 15 is 0 Å². The normalized spacial score (nSPS) is 31.9. The van der Waals surface area contributed by atoms with E-state index in [-0.39, 0.29) is 0 Å². The largest absolute Gasteiger partial charge is 0.300 e. The molecule has 1 heteroatoms. The van der Waals surface area contributed by atoms with Crippen LogP contribution in [-0.2, 0) is 0 Å². The molecule has 2 aliphatic rings. The first-order valence-electron chi connectivity index (χ1n) is 6.66. The highest BCUT2D eigenvalue weighted by Crippen LogP contribution is 2.33. The summed E-state index contributed by atoms with van der Waals surface area (Å²) >= 11 is 0. The topological polar surface area (TPSA) is 3.24 Å². The van der Waals surface area contributed by atoms with E-state index in [1.54, 1.807) is 0 Å². The Balaban J connectivity index is 1.91. The second kappa shape index (κ2) is 5.16. The first-order chi connectivity index (χ1) is 6.92. The fourth-order valence-corrected chi connectivity index (χ4v) is 3.47. The number of hydrogen-bond donors (Lipinski definition) is 0. The summed E-state index contributed by atoms with van der Waals surface area (Å²) in [6, 6.07) is 0.957. The molecule has 0 radical (unpaired) electrons. The van der Waals surface area contributed by atoms with Gasteiger partial charge in [0.15, 0.2) is 0 Å². The van der Waals surface area contributed by atoms with Gasteiger partial charge >= 0.3 is 0 Å². The van der Waals surface area contributed by atoms with Crippen molar-refractivity contribution in [3.05, 3.63) is 0 Å². The van der Waals surface area contributed by atoms with Gasteiger partial charge in [0.25, 0.3) is 0 Å². The molecular weight excluding hydrogens is 170 g/mol. The van der Waals surface area contributed by atoms with E-state index in [1.165, 1.54) is 64.5 Å². The molecule has 0 aromatic heterocycles. The lowest BCUT2D eigenvalue weighted by atomic mass is 9.90. The molecule has 14 heavy (non-hydrogen) atoms. The van der Waals surface area contributed by atoms with Crippen molar-refractivity contribution in [2.75, 3.05) is 13.1 Å². The zero-order valence-electron chi connectivity index (χ0n) is 9.67. The van der Waals surface area contributed by atoms with Crippen molar-refractivity contribution in [3.8, 4) is 0 Å². The molecule has 2 rings (SSSR count). The van der Waals surface area contributed by atoms with E-state index in [1.807, 2.05) is 0 Å². The molecule has 1 heterocycles. The molecule has 0 amide bonds. The van der Waals surface area contributed by atoms with Crippen LogP contribution < -0.4 is 0 Å². The van der Waals surface area contributed by atoms with E-state index in [0.29, 0.717) is 0 Å². The Labute approximate surface area is 88.9 Å². The van der Waals surface area contributed by atoms with Crippen LogP contribution in [0.4, 0.5) is 0 Å². The van der Waals surface area contributed by atoms with Crippen molar-refractivity contribution < 1.29 is 0 Å². The average Bonchev–Trinajstić information content (AvgIpc) is 2.52. The van der Waals surface area contributed by atoms with Gasteiger partial charge < -0.3 is 4.90 Å². The number of rotatable bonds is 2. The molecule has 0 aromatic rings. The first-order valence-corrected chi connectivity index (χ1v) is 6.66. The van der Waals surface area contributed by atoms with Crippen molar-refractivity contribution in [1.82, 2.24) is 4.90 Å². The second-order valence-electron chi connectivity index (χ2n) is 5.09. The minimum atomic E-state index is 0.957. The highest BCUT2D eigenvalue weighted by atomic mass is 15.2. The van der Waals surface area contributed by atoms with Gasteiger partial charge in [0.1, 0.15) is 0 Å². The summed E-state index contributed by atoms with van der Waals surface area (Å²) in [5, 5.41) is 0. The third-order valence-electron chi connectivity index (χ3n) is 4.26. The zero-order chi connectivity index (χ0) is 9.80. The van der Waals surface area contributed by atoms with Gasteiger partial charge in [0.2, 0.25) is 0 Å². The second-order valence-corrected chi connectivity index (χ2v) is 5.09. The summed E-state index contributed by atoms with van der Waals surface area (Å²) in [4.78, 5) is 2.73. The summed E-state index contributed by atoms with van der Waals surface area (Å²) in [7, 11) is 0. The molecule has 0 bridgehead atoms. The molecule has 0 N–H and O–H groups in total. The maximum atomic E-state index is 2.73. The van der Waals surface area contributed by atoms with Crippen LogP contribution in [0.5, 0.6) is 0 Å². The molecular formula is C13H25N. The Bertz CT molecular complexity index is 159. The monoisotopic (exact) mass is 195 g/mol. The molecule has 2 fully saturated rings. The third kappa shape index (κ3) is 2.31. The third-order valence-corrected chi connectivity index (χ3v) is 4.26. The Hall–Kier alpha value is -0.0400. The van der Waals surface area contributed by atoms with E-state index in [9.17, 15) is 0 Å². The van der Waals surface area contributed by atoms with Gasteiger partial charge in [0, 0.05) is 6.04 Å². The van der Waals surface area contributed by atoms with Crippen LogP contribution in [0.3, 0.4) is 0 Å². The maximum absolute atomic E-state index is 2.73. The lowest BCUT2D eigenvalue weighted by molar-refractivity contribution is 0.184. The molecule has 0 aromatic carbocycles. The van der Waals surface area contributed by atoms with Crippen LogP contribution in [0, 0.1) is 5.92 Å². The smallest absolute Gasteiger partial charge is 0.0124 e. The summed E-state index contributed by atoms with van der Waals surface area (Å²) in [6.45, 7) is 4.98. The number of likely N-dealkylation sites (tertiary alicyclic amines) is 1. The molecule has 1 nitrogen and oxygen atoms in total. The Morgan fingerprint density at radius 2 is 1.64 bits per heavy atom.